The molecule has 1 amide bonds. The lowest BCUT2D eigenvalue weighted by molar-refractivity contribution is 0.101. The Balaban J connectivity index is 1.77. The van der Waals surface area contributed by atoms with Gasteiger partial charge >= 0.3 is 0 Å². The summed E-state index contributed by atoms with van der Waals surface area (Å²) >= 11 is 9.16. The predicted molar refractivity (Wildman–Crippen MR) is 73.3 cm³/mol. The first-order chi connectivity index (χ1) is 9.13. The van der Waals surface area contributed by atoms with Crippen molar-refractivity contribution < 1.29 is 4.79 Å². The maximum atomic E-state index is 12.0. The van der Waals surface area contributed by atoms with Gasteiger partial charge in [-0.2, -0.15) is 0 Å². The molecule has 0 aliphatic heterocycles. The molecule has 1 saturated carbocycles. The highest BCUT2D eigenvalue weighted by atomic mass is 79.9. The lowest BCUT2D eigenvalue weighted by Gasteiger charge is -2.04. The summed E-state index contributed by atoms with van der Waals surface area (Å²) in [5.74, 6) is 0.886. The van der Waals surface area contributed by atoms with E-state index in [1.54, 1.807) is 12.3 Å². The smallest absolute Gasteiger partial charge is 0.295 e. The highest BCUT2D eigenvalue weighted by molar-refractivity contribution is 9.10. The first-order valence-corrected chi connectivity index (χ1v) is 6.85. The van der Waals surface area contributed by atoms with Gasteiger partial charge < -0.3 is 5.32 Å². The van der Waals surface area contributed by atoms with Crippen molar-refractivity contribution in [2.24, 2.45) is 0 Å². The van der Waals surface area contributed by atoms with Crippen LogP contribution in [0.3, 0.4) is 0 Å². The number of nitrogens with zero attached hydrogens (tertiary/aromatic N) is 3. The van der Waals surface area contributed by atoms with Crippen LogP contribution in [0.5, 0.6) is 0 Å². The molecule has 1 aliphatic carbocycles. The number of halogens is 2. The molecule has 19 heavy (non-hydrogen) atoms. The Kier molecular flexibility index (Phi) is 3.24. The summed E-state index contributed by atoms with van der Waals surface area (Å²) in [7, 11) is 0. The van der Waals surface area contributed by atoms with E-state index in [1.165, 1.54) is 0 Å². The largest absolute Gasteiger partial charge is 0.316 e. The Morgan fingerprint density at radius 1 is 1.53 bits per heavy atom. The van der Waals surface area contributed by atoms with Crippen molar-refractivity contribution in [2.75, 3.05) is 5.32 Å². The van der Waals surface area contributed by atoms with Crippen molar-refractivity contribution in [1.82, 2.24) is 20.2 Å². The molecule has 3 rings (SSSR count). The van der Waals surface area contributed by atoms with Gasteiger partial charge in [0.25, 0.3) is 5.91 Å². The standard InChI is InChI=1S/C11H9BrClN5O/c12-6-3-7(8(13)14-4-6)15-11(19)10-16-9(17-18-10)5-1-2-5/h3-5H,1-2H2,(H,15,19)(H,16,17,18). The first-order valence-electron chi connectivity index (χ1n) is 5.68. The van der Waals surface area contributed by atoms with Crippen molar-refractivity contribution in [3.05, 3.63) is 33.5 Å². The second-order valence-corrected chi connectivity index (χ2v) is 5.54. The number of amides is 1. The van der Waals surface area contributed by atoms with Crippen LogP contribution in [0.1, 0.15) is 35.2 Å². The van der Waals surface area contributed by atoms with Gasteiger partial charge in [-0.15, -0.1) is 5.10 Å². The molecule has 2 N–H and O–H groups in total. The molecule has 0 atom stereocenters. The van der Waals surface area contributed by atoms with Gasteiger partial charge in [-0.3, -0.25) is 9.89 Å². The van der Waals surface area contributed by atoms with Gasteiger partial charge in [-0.25, -0.2) is 9.97 Å². The molecular formula is C11H9BrClN5O. The van der Waals surface area contributed by atoms with Crippen LogP contribution < -0.4 is 5.32 Å². The summed E-state index contributed by atoms with van der Waals surface area (Å²) in [6.07, 6.45) is 3.74. The summed E-state index contributed by atoms with van der Waals surface area (Å²) < 4.78 is 0.723. The van der Waals surface area contributed by atoms with Crippen molar-refractivity contribution in [2.45, 2.75) is 18.8 Å². The van der Waals surface area contributed by atoms with Gasteiger partial charge in [0.05, 0.1) is 5.69 Å². The molecule has 0 bridgehead atoms. The summed E-state index contributed by atoms with van der Waals surface area (Å²) in [4.78, 5) is 20.1. The number of nitrogens with one attached hydrogen (secondary N) is 2. The highest BCUT2D eigenvalue weighted by Gasteiger charge is 2.28. The van der Waals surface area contributed by atoms with E-state index in [0.717, 1.165) is 23.1 Å². The van der Waals surface area contributed by atoms with E-state index in [9.17, 15) is 4.79 Å². The number of anilines is 1. The van der Waals surface area contributed by atoms with E-state index in [0.29, 0.717) is 11.6 Å². The fourth-order valence-electron chi connectivity index (χ4n) is 1.60. The van der Waals surface area contributed by atoms with E-state index in [-0.39, 0.29) is 11.0 Å². The van der Waals surface area contributed by atoms with Crippen LogP contribution in [-0.2, 0) is 0 Å². The Morgan fingerprint density at radius 2 is 2.32 bits per heavy atom. The minimum absolute atomic E-state index is 0.109. The number of hydrogen-bond acceptors (Lipinski definition) is 4. The molecule has 8 heteroatoms. The fourth-order valence-corrected chi connectivity index (χ4v) is 2.09. The zero-order valence-electron chi connectivity index (χ0n) is 9.65. The summed E-state index contributed by atoms with van der Waals surface area (Å²) in [6, 6.07) is 1.67. The maximum absolute atomic E-state index is 12.0. The molecule has 2 aromatic heterocycles. The van der Waals surface area contributed by atoms with Crippen molar-refractivity contribution in [3.63, 3.8) is 0 Å². The SMILES string of the molecule is O=C(Nc1cc(Br)cnc1Cl)c1n[nH]c(C2CC2)n1. The number of rotatable bonds is 3. The Bertz CT molecular complexity index is 640. The molecular weight excluding hydrogens is 334 g/mol. The van der Waals surface area contributed by atoms with Gasteiger partial charge in [0, 0.05) is 16.6 Å². The Hall–Kier alpha value is -1.47. The molecule has 2 heterocycles. The number of pyridine rings is 1. The van der Waals surface area contributed by atoms with Crippen LogP contribution in [0, 0.1) is 0 Å². The average Bonchev–Trinajstić information content (AvgIpc) is 3.11. The van der Waals surface area contributed by atoms with Gasteiger partial charge in [0.15, 0.2) is 5.15 Å². The van der Waals surface area contributed by atoms with E-state index in [2.05, 4.69) is 41.4 Å². The summed E-state index contributed by atoms with van der Waals surface area (Å²) in [5, 5.41) is 9.53. The number of aromatic amines is 1. The van der Waals surface area contributed by atoms with Crippen LogP contribution >= 0.6 is 27.5 Å². The molecule has 98 valence electrons. The quantitative estimate of drug-likeness (QED) is 0.840. The molecule has 0 saturated heterocycles. The van der Waals surface area contributed by atoms with Gasteiger partial charge in [0.2, 0.25) is 5.82 Å². The number of H-pyrrole nitrogens is 1. The minimum atomic E-state index is -0.412. The Labute approximate surface area is 122 Å². The van der Waals surface area contributed by atoms with Crippen LogP contribution in [0.2, 0.25) is 5.15 Å². The molecule has 0 unspecified atom stereocenters. The lowest BCUT2D eigenvalue weighted by atomic mass is 10.4. The molecule has 0 spiro atoms. The Morgan fingerprint density at radius 3 is 3.05 bits per heavy atom. The summed E-state index contributed by atoms with van der Waals surface area (Å²) in [6.45, 7) is 0. The second-order valence-electron chi connectivity index (χ2n) is 4.26. The number of aromatic nitrogens is 4. The third kappa shape index (κ3) is 2.76. The highest BCUT2D eigenvalue weighted by Crippen LogP contribution is 2.37. The molecule has 1 fully saturated rings. The third-order valence-electron chi connectivity index (χ3n) is 2.72. The molecule has 1 aliphatic rings. The van der Waals surface area contributed by atoms with Crippen LogP contribution in [0.25, 0.3) is 0 Å². The first kappa shape index (κ1) is 12.6. The monoisotopic (exact) mass is 341 g/mol. The van der Waals surface area contributed by atoms with E-state index < -0.39 is 5.91 Å². The van der Waals surface area contributed by atoms with Crippen LogP contribution in [-0.4, -0.2) is 26.1 Å². The predicted octanol–water partition coefficient (Wildman–Crippen LogP) is 2.75. The minimum Gasteiger partial charge on any atom is -0.316 e. The summed E-state index contributed by atoms with van der Waals surface area (Å²) in [5.41, 5.74) is 0.416. The van der Waals surface area contributed by atoms with E-state index >= 15 is 0 Å². The van der Waals surface area contributed by atoms with Gasteiger partial charge in [-0.1, -0.05) is 11.6 Å². The third-order valence-corrected chi connectivity index (χ3v) is 3.46. The van der Waals surface area contributed by atoms with Gasteiger partial charge in [0.1, 0.15) is 5.82 Å². The normalized spacial score (nSPS) is 14.4. The van der Waals surface area contributed by atoms with Gasteiger partial charge in [-0.05, 0) is 34.8 Å². The molecule has 0 radical (unpaired) electrons. The van der Waals surface area contributed by atoms with Crippen LogP contribution in [0.4, 0.5) is 5.69 Å². The fraction of sp³-hybridized carbons (Fsp3) is 0.273. The van der Waals surface area contributed by atoms with Crippen LogP contribution in [0.15, 0.2) is 16.7 Å². The van der Waals surface area contributed by atoms with E-state index in [1.807, 2.05) is 0 Å². The maximum Gasteiger partial charge on any atom is 0.295 e. The van der Waals surface area contributed by atoms with E-state index in [4.69, 9.17) is 11.6 Å². The molecule has 2 aromatic rings. The number of carbonyl (C=O) groups excluding carboxylic acids is 1. The molecule has 6 nitrogen and oxygen atoms in total. The average molecular weight is 343 g/mol. The zero-order valence-corrected chi connectivity index (χ0v) is 12.0. The zero-order chi connectivity index (χ0) is 13.4. The van der Waals surface area contributed by atoms with Crippen molar-refractivity contribution in [1.29, 1.82) is 0 Å². The van der Waals surface area contributed by atoms with Crippen molar-refractivity contribution in [3.8, 4) is 0 Å². The number of carbonyl (C=O) groups is 1. The second kappa shape index (κ2) is 4.90. The topological polar surface area (TPSA) is 83.6 Å². The molecule has 0 aromatic carbocycles. The van der Waals surface area contributed by atoms with Crippen molar-refractivity contribution >= 4 is 39.1 Å². The number of hydrogen-bond donors (Lipinski definition) is 2. The lowest BCUT2D eigenvalue weighted by Crippen LogP contribution is -2.14.